The molecule has 0 radical (unpaired) electrons. The Hall–Kier alpha value is -1.01. The number of hydrogen-bond acceptors (Lipinski definition) is 2. The molecule has 1 atom stereocenters. The molecule has 1 aliphatic heterocycles. The van der Waals surface area contributed by atoms with Crippen LogP contribution in [-0.4, -0.2) is 28.9 Å². The largest absolute Gasteiger partial charge is 0.325 e. The van der Waals surface area contributed by atoms with E-state index in [1.165, 1.54) is 0 Å². The number of nitrogens with two attached hydrogens (primary N) is 1. The van der Waals surface area contributed by atoms with Gasteiger partial charge in [0.15, 0.2) is 0 Å². The molecule has 0 aromatic rings. The Bertz CT molecular complexity index is 239. The lowest BCUT2D eigenvalue weighted by Gasteiger charge is -2.30. The summed E-state index contributed by atoms with van der Waals surface area (Å²) in [5.74, 6) is 2.55. The van der Waals surface area contributed by atoms with Gasteiger partial charge in [-0.3, -0.25) is 4.79 Å². The average molecular weight is 166 g/mol. The molecule has 66 valence electrons. The van der Waals surface area contributed by atoms with Gasteiger partial charge in [0.05, 0.1) is 11.6 Å². The van der Waals surface area contributed by atoms with Gasteiger partial charge in [0.2, 0.25) is 5.91 Å². The Kier molecular flexibility index (Phi) is 2.12. The van der Waals surface area contributed by atoms with Crippen LogP contribution >= 0.6 is 0 Å². The van der Waals surface area contributed by atoms with Crippen LogP contribution in [0.2, 0.25) is 0 Å². The van der Waals surface area contributed by atoms with Crippen molar-refractivity contribution >= 4 is 5.91 Å². The van der Waals surface area contributed by atoms with Crippen LogP contribution in [-0.2, 0) is 4.79 Å². The van der Waals surface area contributed by atoms with E-state index in [9.17, 15) is 4.79 Å². The first-order chi connectivity index (χ1) is 5.49. The van der Waals surface area contributed by atoms with E-state index in [1.54, 1.807) is 4.90 Å². The molecule has 0 spiro atoms. The maximum atomic E-state index is 11.4. The molecule has 3 nitrogen and oxygen atoms in total. The minimum absolute atomic E-state index is 0.0297. The molecule has 3 heteroatoms. The molecule has 0 aliphatic carbocycles. The number of likely N-dealkylation sites (tertiary alicyclic amines) is 1. The van der Waals surface area contributed by atoms with Gasteiger partial charge in [-0.2, -0.15) is 0 Å². The number of rotatable bonds is 1. The lowest BCUT2D eigenvalue weighted by atomic mass is 10.1. The highest BCUT2D eigenvalue weighted by Gasteiger charge is 2.36. The topological polar surface area (TPSA) is 46.3 Å². The smallest absolute Gasteiger partial charge is 0.240 e. The lowest BCUT2D eigenvalue weighted by Crippen LogP contribution is -2.46. The van der Waals surface area contributed by atoms with Crippen molar-refractivity contribution in [2.24, 2.45) is 5.73 Å². The zero-order valence-electron chi connectivity index (χ0n) is 7.50. The fourth-order valence-electron chi connectivity index (χ4n) is 1.33. The summed E-state index contributed by atoms with van der Waals surface area (Å²) in [7, 11) is 0. The summed E-state index contributed by atoms with van der Waals surface area (Å²) >= 11 is 0. The Morgan fingerprint density at radius 2 is 2.33 bits per heavy atom. The van der Waals surface area contributed by atoms with Gasteiger partial charge in [-0.1, -0.05) is 5.92 Å². The summed E-state index contributed by atoms with van der Waals surface area (Å²) < 4.78 is 0. The molecule has 1 rings (SSSR count). The standard InChI is InChI=1S/C9H14N2O/c1-4-9(2,3)11-6-5-7(10)8(11)12/h1,7H,5-6,10H2,2-3H3. The molecule has 2 N–H and O–H groups in total. The normalized spacial score (nSPS) is 24.3. The number of terminal acetylenes is 1. The molecule has 0 bridgehead atoms. The fourth-order valence-corrected chi connectivity index (χ4v) is 1.33. The predicted octanol–water partition coefficient (Wildman–Crippen LogP) is -0.0422. The summed E-state index contributed by atoms with van der Waals surface area (Å²) in [5.41, 5.74) is 5.07. The summed E-state index contributed by atoms with van der Waals surface area (Å²) in [4.78, 5) is 13.1. The van der Waals surface area contributed by atoms with E-state index in [0.717, 1.165) is 0 Å². The molecule has 12 heavy (non-hydrogen) atoms. The Morgan fingerprint density at radius 1 is 1.75 bits per heavy atom. The van der Waals surface area contributed by atoms with E-state index in [0.29, 0.717) is 13.0 Å². The second-order valence-electron chi connectivity index (χ2n) is 3.59. The molecule has 0 aromatic heterocycles. The van der Waals surface area contributed by atoms with Crippen LogP contribution in [0.15, 0.2) is 0 Å². The Balaban J connectivity index is 2.80. The Morgan fingerprint density at radius 3 is 2.67 bits per heavy atom. The molecule has 1 aliphatic rings. The van der Waals surface area contributed by atoms with Crippen molar-refractivity contribution in [1.29, 1.82) is 0 Å². The van der Waals surface area contributed by atoms with E-state index in [4.69, 9.17) is 12.2 Å². The highest BCUT2D eigenvalue weighted by molar-refractivity contribution is 5.84. The summed E-state index contributed by atoms with van der Waals surface area (Å²) in [6, 6.07) is -0.349. The maximum absolute atomic E-state index is 11.4. The first kappa shape index (κ1) is 9.08. The van der Waals surface area contributed by atoms with Gasteiger partial charge in [-0.05, 0) is 20.3 Å². The van der Waals surface area contributed by atoms with Crippen LogP contribution in [0.3, 0.4) is 0 Å². The van der Waals surface area contributed by atoms with Crippen LogP contribution < -0.4 is 5.73 Å². The molecule has 0 aromatic carbocycles. The van der Waals surface area contributed by atoms with Crippen molar-refractivity contribution < 1.29 is 4.79 Å². The molecule has 1 saturated heterocycles. The van der Waals surface area contributed by atoms with Crippen LogP contribution in [0.1, 0.15) is 20.3 Å². The van der Waals surface area contributed by atoms with Crippen LogP contribution in [0, 0.1) is 12.3 Å². The van der Waals surface area contributed by atoms with Gasteiger partial charge < -0.3 is 10.6 Å². The first-order valence-electron chi connectivity index (χ1n) is 4.04. The Labute approximate surface area is 72.9 Å². The van der Waals surface area contributed by atoms with Crippen molar-refractivity contribution in [3.8, 4) is 12.3 Å². The van der Waals surface area contributed by atoms with Crippen molar-refractivity contribution in [3.05, 3.63) is 0 Å². The van der Waals surface area contributed by atoms with E-state index >= 15 is 0 Å². The highest BCUT2D eigenvalue weighted by atomic mass is 16.2. The fraction of sp³-hybridized carbons (Fsp3) is 0.667. The third-order valence-electron chi connectivity index (χ3n) is 2.27. The van der Waals surface area contributed by atoms with Crippen molar-refractivity contribution in [2.45, 2.75) is 31.8 Å². The van der Waals surface area contributed by atoms with Crippen molar-refractivity contribution in [2.75, 3.05) is 6.54 Å². The van der Waals surface area contributed by atoms with Gasteiger partial charge in [-0.25, -0.2) is 0 Å². The zero-order chi connectivity index (χ0) is 9.35. The van der Waals surface area contributed by atoms with Gasteiger partial charge >= 0.3 is 0 Å². The van der Waals surface area contributed by atoms with E-state index < -0.39 is 5.54 Å². The van der Waals surface area contributed by atoms with Crippen molar-refractivity contribution in [1.82, 2.24) is 4.90 Å². The van der Waals surface area contributed by atoms with Gasteiger partial charge in [0.1, 0.15) is 0 Å². The number of hydrogen-bond donors (Lipinski definition) is 1. The highest BCUT2D eigenvalue weighted by Crippen LogP contribution is 2.20. The quantitative estimate of drug-likeness (QED) is 0.555. The SMILES string of the molecule is C#CC(C)(C)N1CCC(N)C1=O. The summed E-state index contributed by atoms with van der Waals surface area (Å²) in [5, 5.41) is 0. The molecular formula is C9H14N2O. The number of amides is 1. The molecule has 1 fully saturated rings. The maximum Gasteiger partial charge on any atom is 0.240 e. The van der Waals surface area contributed by atoms with Crippen LogP contribution in [0.25, 0.3) is 0 Å². The minimum atomic E-state index is -0.495. The van der Waals surface area contributed by atoms with Gasteiger partial charge in [-0.15, -0.1) is 6.42 Å². The van der Waals surface area contributed by atoms with E-state index in [-0.39, 0.29) is 11.9 Å². The first-order valence-corrected chi connectivity index (χ1v) is 4.04. The monoisotopic (exact) mass is 166 g/mol. The summed E-state index contributed by atoms with van der Waals surface area (Å²) in [6.07, 6.45) is 6.02. The van der Waals surface area contributed by atoms with E-state index in [2.05, 4.69) is 5.92 Å². The van der Waals surface area contributed by atoms with Gasteiger partial charge in [0, 0.05) is 6.54 Å². The molecule has 1 unspecified atom stereocenters. The third-order valence-corrected chi connectivity index (χ3v) is 2.27. The second kappa shape index (κ2) is 2.80. The van der Waals surface area contributed by atoms with Crippen LogP contribution in [0.4, 0.5) is 0 Å². The minimum Gasteiger partial charge on any atom is -0.325 e. The third kappa shape index (κ3) is 1.30. The number of nitrogens with zero attached hydrogens (tertiary/aromatic N) is 1. The van der Waals surface area contributed by atoms with Crippen molar-refractivity contribution in [3.63, 3.8) is 0 Å². The number of carbonyl (C=O) groups excluding carboxylic acids is 1. The summed E-state index contributed by atoms with van der Waals surface area (Å²) in [6.45, 7) is 4.38. The number of carbonyl (C=O) groups is 1. The van der Waals surface area contributed by atoms with Crippen LogP contribution in [0.5, 0.6) is 0 Å². The van der Waals surface area contributed by atoms with Gasteiger partial charge in [0.25, 0.3) is 0 Å². The molecular weight excluding hydrogens is 152 g/mol. The molecule has 0 saturated carbocycles. The lowest BCUT2D eigenvalue weighted by molar-refractivity contribution is -0.131. The van der Waals surface area contributed by atoms with E-state index in [1.807, 2.05) is 13.8 Å². The molecule has 1 heterocycles. The zero-order valence-corrected chi connectivity index (χ0v) is 7.50. The second-order valence-corrected chi connectivity index (χ2v) is 3.59. The predicted molar refractivity (Wildman–Crippen MR) is 47.2 cm³/mol. The average Bonchev–Trinajstić information content (AvgIpc) is 2.33. The molecule has 1 amide bonds.